The average molecular weight is 447 g/mol. The lowest BCUT2D eigenvalue weighted by Gasteiger charge is -2.22. The molecule has 31 heavy (non-hydrogen) atoms. The predicted molar refractivity (Wildman–Crippen MR) is 119 cm³/mol. The van der Waals surface area contributed by atoms with Crippen LogP contribution < -0.4 is 9.47 Å². The lowest BCUT2D eigenvalue weighted by atomic mass is 10.1. The molecule has 1 aliphatic rings. The Morgan fingerprint density at radius 1 is 0.968 bits per heavy atom. The minimum absolute atomic E-state index is 0.0422. The molecule has 2 aromatic carbocycles. The summed E-state index contributed by atoms with van der Waals surface area (Å²) in [5, 5.41) is 0. The molecule has 1 fully saturated rings. The molecular weight excluding hydrogens is 416 g/mol. The second kappa shape index (κ2) is 10.2. The monoisotopic (exact) mass is 446 g/mol. The highest BCUT2D eigenvalue weighted by atomic mass is 32.2. The molecule has 0 saturated carbocycles. The van der Waals surface area contributed by atoms with Crippen LogP contribution in [0.5, 0.6) is 11.5 Å². The molecular formula is C23H30N2O5S. The van der Waals surface area contributed by atoms with Crippen molar-refractivity contribution < 1.29 is 22.7 Å². The highest BCUT2D eigenvalue weighted by molar-refractivity contribution is 7.89. The zero-order valence-corrected chi connectivity index (χ0v) is 19.2. The fourth-order valence-electron chi connectivity index (χ4n) is 3.73. The van der Waals surface area contributed by atoms with E-state index in [0.717, 1.165) is 37.0 Å². The third-order valence-electron chi connectivity index (χ3n) is 5.52. The van der Waals surface area contributed by atoms with Gasteiger partial charge < -0.3 is 14.4 Å². The maximum atomic E-state index is 13.3. The van der Waals surface area contributed by atoms with Crippen molar-refractivity contribution in [3.05, 3.63) is 53.6 Å². The van der Waals surface area contributed by atoms with Crippen LogP contribution in [0.3, 0.4) is 0 Å². The highest BCUT2D eigenvalue weighted by Gasteiger charge is 2.29. The lowest BCUT2D eigenvalue weighted by Crippen LogP contribution is -2.32. The number of nitrogens with zero attached hydrogens (tertiary/aromatic N) is 2. The van der Waals surface area contributed by atoms with Gasteiger partial charge in [-0.05, 0) is 48.7 Å². The fraction of sp³-hybridized carbons (Fsp3) is 0.435. The predicted octanol–water partition coefficient (Wildman–Crippen LogP) is 3.54. The molecule has 1 saturated heterocycles. The van der Waals surface area contributed by atoms with E-state index in [1.807, 2.05) is 24.3 Å². The van der Waals surface area contributed by atoms with Gasteiger partial charge in [0.25, 0.3) is 5.91 Å². The molecule has 0 aromatic heterocycles. The molecule has 0 atom stereocenters. The lowest BCUT2D eigenvalue weighted by molar-refractivity contribution is 0.0785. The smallest absolute Gasteiger partial charge is 0.253 e. The zero-order valence-electron chi connectivity index (χ0n) is 18.3. The Balaban J connectivity index is 1.85. The molecule has 0 bridgehead atoms. The van der Waals surface area contributed by atoms with E-state index in [4.69, 9.17) is 9.47 Å². The topological polar surface area (TPSA) is 76.1 Å². The number of amides is 1. The first-order valence-corrected chi connectivity index (χ1v) is 11.9. The third-order valence-corrected chi connectivity index (χ3v) is 7.44. The van der Waals surface area contributed by atoms with Gasteiger partial charge in [0.2, 0.25) is 10.0 Å². The summed E-state index contributed by atoms with van der Waals surface area (Å²) in [5.74, 6) is 0.737. The van der Waals surface area contributed by atoms with Gasteiger partial charge in [0.15, 0.2) is 0 Å². The van der Waals surface area contributed by atoms with Crippen LogP contribution in [-0.2, 0) is 16.6 Å². The fourth-order valence-corrected chi connectivity index (χ4v) is 5.43. The summed E-state index contributed by atoms with van der Waals surface area (Å²) in [4.78, 5) is 14.6. The Morgan fingerprint density at radius 2 is 1.61 bits per heavy atom. The minimum Gasteiger partial charge on any atom is -0.497 e. The van der Waals surface area contributed by atoms with Crippen molar-refractivity contribution in [3.8, 4) is 11.5 Å². The van der Waals surface area contributed by atoms with Crippen LogP contribution in [0.2, 0.25) is 0 Å². The van der Waals surface area contributed by atoms with E-state index in [0.29, 0.717) is 25.2 Å². The standard InChI is InChI=1S/C23H30N2O5S/c1-24(17-18-8-11-20(29-2)12-9-18)23(26)19-10-13-21(30-3)22(16-19)31(27,28)25-14-6-4-5-7-15-25/h8-13,16H,4-7,14-15,17H2,1-3H3. The minimum atomic E-state index is -3.75. The summed E-state index contributed by atoms with van der Waals surface area (Å²) in [6.07, 6.45) is 3.73. The first-order valence-electron chi connectivity index (χ1n) is 10.4. The highest BCUT2D eigenvalue weighted by Crippen LogP contribution is 2.30. The van der Waals surface area contributed by atoms with Gasteiger partial charge in [-0.3, -0.25) is 4.79 Å². The van der Waals surface area contributed by atoms with Crippen LogP contribution >= 0.6 is 0 Å². The Labute approximate surface area is 184 Å². The van der Waals surface area contributed by atoms with Crippen molar-refractivity contribution in [2.45, 2.75) is 37.1 Å². The van der Waals surface area contributed by atoms with Crippen molar-refractivity contribution in [1.82, 2.24) is 9.21 Å². The molecule has 2 aromatic rings. The van der Waals surface area contributed by atoms with Crippen molar-refractivity contribution in [3.63, 3.8) is 0 Å². The molecule has 0 N–H and O–H groups in total. The Kier molecular flexibility index (Phi) is 7.56. The Bertz CT molecular complexity index is 997. The zero-order chi connectivity index (χ0) is 22.4. The van der Waals surface area contributed by atoms with Crippen molar-refractivity contribution in [1.29, 1.82) is 0 Å². The number of benzene rings is 2. The molecule has 1 aliphatic heterocycles. The molecule has 3 rings (SSSR count). The largest absolute Gasteiger partial charge is 0.497 e. The number of sulfonamides is 1. The summed E-state index contributed by atoms with van der Waals surface area (Å²) in [5.41, 5.74) is 1.26. The molecule has 0 unspecified atom stereocenters. The van der Waals surface area contributed by atoms with Gasteiger partial charge in [-0.15, -0.1) is 0 Å². The summed E-state index contributed by atoms with van der Waals surface area (Å²) < 4.78 is 38.6. The van der Waals surface area contributed by atoms with Crippen molar-refractivity contribution in [2.75, 3.05) is 34.4 Å². The van der Waals surface area contributed by atoms with Gasteiger partial charge in [0, 0.05) is 32.2 Å². The third kappa shape index (κ3) is 5.37. The van der Waals surface area contributed by atoms with Crippen LogP contribution in [0.25, 0.3) is 0 Å². The van der Waals surface area contributed by atoms with Gasteiger partial charge in [-0.2, -0.15) is 4.31 Å². The van der Waals surface area contributed by atoms with Gasteiger partial charge in [-0.1, -0.05) is 25.0 Å². The second-order valence-electron chi connectivity index (χ2n) is 7.69. The SMILES string of the molecule is COc1ccc(CN(C)C(=O)c2ccc(OC)c(S(=O)(=O)N3CCCCCC3)c2)cc1. The maximum Gasteiger partial charge on any atom is 0.253 e. The molecule has 0 radical (unpaired) electrons. The number of carbonyl (C=O) groups is 1. The number of hydrogen-bond acceptors (Lipinski definition) is 5. The normalized spacial score (nSPS) is 15.2. The van der Waals surface area contributed by atoms with E-state index in [9.17, 15) is 13.2 Å². The molecule has 0 aliphatic carbocycles. The summed E-state index contributed by atoms with van der Waals surface area (Å²) >= 11 is 0. The van der Waals surface area contributed by atoms with E-state index < -0.39 is 10.0 Å². The van der Waals surface area contributed by atoms with E-state index >= 15 is 0 Å². The van der Waals surface area contributed by atoms with Crippen molar-refractivity contribution in [2.24, 2.45) is 0 Å². The second-order valence-corrected chi connectivity index (χ2v) is 9.60. The van der Waals surface area contributed by atoms with E-state index in [1.165, 1.54) is 17.5 Å². The molecule has 1 heterocycles. The van der Waals surface area contributed by atoms with Crippen LogP contribution in [0.1, 0.15) is 41.6 Å². The number of methoxy groups -OCH3 is 2. The average Bonchev–Trinajstić information content (AvgIpc) is 3.09. The van der Waals surface area contributed by atoms with E-state index in [2.05, 4.69) is 0 Å². The van der Waals surface area contributed by atoms with Crippen molar-refractivity contribution >= 4 is 15.9 Å². The molecule has 168 valence electrons. The van der Waals surface area contributed by atoms with Crippen LogP contribution in [0.15, 0.2) is 47.4 Å². The van der Waals surface area contributed by atoms with Crippen LogP contribution in [0.4, 0.5) is 0 Å². The Morgan fingerprint density at radius 3 is 2.19 bits per heavy atom. The molecule has 1 amide bonds. The number of carbonyl (C=O) groups excluding carboxylic acids is 1. The molecule has 8 heteroatoms. The van der Waals surface area contributed by atoms with Gasteiger partial charge in [-0.25, -0.2) is 8.42 Å². The summed E-state index contributed by atoms with van der Waals surface area (Å²) in [6, 6.07) is 12.1. The number of hydrogen-bond donors (Lipinski definition) is 0. The van der Waals surface area contributed by atoms with Crippen LogP contribution in [0, 0.1) is 0 Å². The number of ether oxygens (including phenoxy) is 2. The van der Waals surface area contributed by atoms with Crippen LogP contribution in [-0.4, -0.2) is 57.9 Å². The Hall–Kier alpha value is -2.58. The van der Waals surface area contributed by atoms with Gasteiger partial charge in [0.1, 0.15) is 16.4 Å². The maximum absolute atomic E-state index is 13.3. The van der Waals surface area contributed by atoms with E-state index in [1.54, 1.807) is 31.2 Å². The van der Waals surface area contributed by atoms with Gasteiger partial charge >= 0.3 is 0 Å². The molecule has 0 spiro atoms. The van der Waals surface area contributed by atoms with Gasteiger partial charge in [0.05, 0.1) is 14.2 Å². The molecule has 7 nitrogen and oxygen atoms in total. The summed E-state index contributed by atoms with van der Waals surface area (Å²) in [7, 11) is 0.983. The number of rotatable bonds is 7. The van der Waals surface area contributed by atoms with E-state index in [-0.39, 0.29) is 16.6 Å². The quantitative estimate of drug-likeness (QED) is 0.650. The first kappa shape index (κ1) is 23.1. The summed E-state index contributed by atoms with van der Waals surface area (Å²) in [6.45, 7) is 1.37. The first-order chi connectivity index (χ1) is 14.9.